The summed E-state index contributed by atoms with van der Waals surface area (Å²) in [5.41, 5.74) is 0.454. The Morgan fingerprint density at radius 3 is 2.88 bits per heavy atom. The van der Waals surface area contributed by atoms with Crippen molar-refractivity contribution in [2.45, 2.75) is 32.2 Å². The summed E-state index contributed by atoms with van der Waals surface area (Å²) in [7, 11) is 0. The van der Waals surface area contributed by atoms with E-state index < -0.39 is 0 Å². The van der Waals surface area contributed by atoms with Gasteiger partial charge in [-0.3, -0.25) is 0 Å². The molecule has 1 saturated heterocycles. The van der Waals surface area contributed by atoms with E-state index in [1.165, 1.54) is 12.5 Å². The van der Waals surface area contributed by atoms with Crippen molar-refractivity contribution in [3.63, 3.8) is 0 Å². The lowest BCUT2D eigenvalue weighted by Gasteiger charge is -2.35. The maximum absolute atomic E-state index is 13.5. The average Bonchev–Trinajstić information content (AvgIpc) is 2.32. The first-order chi connectivity index (χ1) is 8.18. The van der Waals surface area contributed by atoms with Crippen molar-refractivity contribution in [2.24, 2.45) is 0 Å². The normalized spacial score (nSPS) is 20.1. The van der Waals surface area contributed by atoms with E-state index in [9.17, 15) is 4.39 Å². The Hall–Kier alpha value is -1.16. The Labute approximate surface area is 107 Å². The monoisotopic (exact) mass is 252 g/mol. The van der Waals surface area contributed by atoms with Gasteiger partial charge >= 0.3 is 0 Å². The number of hydrogen-bond donors (Lipinski definition) is 1. The quantitative estimate of drug-likeness (QED) is 0.771. The number of nitrogens with one attached hydrogen (secondary N) is 1. The zero-order chi connectivity index (χ0) is 12.3. The molecular weight excluding hydrogens is 235 g/mol. The summed E-state index contributed by atoms with van der Waals surface area (Å²) in [6, 6.07) is 7.05. The fourth-order valence-corrected chi connectivity index (χ4v) is 2.53. The Kier molecular flexibility index (Phi) is 3.94. The Morgan fingerprint density at radius 2 is 2.18 bits per heavy atom. The van der Waals surface area contributed by atoms with Gasteiger partial charge < -0.3 is 10.2 Å². The highest BCUT2D eigenvalue weighted by molar-refractivity contribution is 7.80. The molecule has 4 heteroatoms. The number of rotatable bonds is 1. The molecule has 0 aromatic heterocycles. The van der Waals surface area contributed by atoms with Gasteiger partial charge in [-0.1, -0.05) is 12.1 Å². The van der Waals surface area contributed by atoms with Crippen LogP contribution in [0.25, 0.3) is 0 Å². The predicted molar refractivity (Wildman–Crippen MR) is 72.6 cm³/mol. The molecule has 1 aromatic carbocycles. The molecular formula is C13H17FN2S. The molecule has 17 heavy (non-hydrogen) atoms. The predicted octanol–water partition coefficient (Wildman–Crippen LogP) is 3.40. The molecule has 1 aromatic rings. The van der Waals surface area contributed by atoms with Gasteiger partial charge in [0, 0.05) is 12.6 Å². The van der Waals surface area contributed by atoms with Crippen LogP contribution in [-0.4, -0.2) is 22.6 Å². The van der Waals surface area contributed by atoms with Crippen molar-refractivity contribution in [1.82, 2.24) is 4.90 Å². The van der Waals surface area contributed by atoms with Crippen LogP contribution in [0.5, 0.6) is 0 Å². The van der Waals surface area contributed by atoms with E-state index >= 15 is 0 Å². The molecule has 0 amide bonds. The maximum atomic E-state index is 13.5. The summed E-state index contributed by atoms with van der Waals surface area (Å²) in [6.07, 6.45) is 3.56. The van der Waals surface area contributed by atoms with E-state index in [2.05, 4.69) is 17.1 Å². The van der Waals surface area contributed by atoms with Crippen LogP contribution in [0.1, 0.15) is 26.2 Å². The van der Waals surface area contributed by atoms with Crippen molar-refractivity contribution in [3.8, 4) is 0 Å². The molecule has 2 rings (SSSR count). The highest BCUT2D eigenvalue weighted by Gasteiger charge is 2.20. The van der Waals surface area contributed by atoms with Gasteiger partial charge in [-0.25, -0.2) is 4.39 Å². The summed E-state index contributed by atoms with van der Waals surface area (Å²) >= 11 is 5.34. The standard InChI is InChI=1S/C13H17FN2S/c1-10-6-4-5-9-16(10)13(17)15-12-8-3-2-7-11(12)14/h2-3,7-8,10H,4-6,9H2,1H3,(H,15,17)/t10-/m0/s1. The summed E-state index contributed by atoms with van der Waals surface area (Å²) in [6.45, 7) is 3.12. The molecule has 1 heterocycles. The van der Waals surface area contributed by atoms with Crippen LogP contribution in [0.15, 0.2) is 24.3 Å². The van der Waals surface area contributed by atoms with Crippen LogP contribution < -0.4 is 5.32 Å². The summed E-state index contributed by atoms with van der Waals surface area (Å²) < 4.78 is 13.5. The third-order valence-corrected chi connectivity index (χ3v) is 3.52. The van der Waals surface area contributed by atoms with E-state index in [1.54, 1.807) is 18.2 Å². The van der Waals surface area contributed by atoms with Gasteiger partial charge in [0.05, 0.1) is 5.69 Å². The van der Waals surface area contributed by atoms with Crippen molar-refractivity contribution >= 4 is 23.0 Å². The molecule has 92 valence electrons. The number of nitrogens with zero attached hydrogens (tertiary/aromatic N) is 1. The highest BCUT2D eigenvalue weighted by atomic mass is 32.1. The van der Waals surface area contributed by atoms with Gasteiger partial charge in [-0.2, -0.15) is 0 Å². The molecule has 0 spiro atoms. The van der Waals surface area contributed by atoms with Gasteiger partial charge in [0.1, 0.15) is 5.82 Å². The Balaban J connectivity index is 2.03. The van der Waals surface area contributed by atoms with Crippen LogP contribution in [0.2, 0.25) is 0 Å². The molecule has 0 aliphatic carbocycles. The summed E-state index contributed by atoms with van der Waals surface area (Å²) in [4.78, 5) is 2.14. The molecule has 1 fully saturated rings. The first-order valence-corrected chi connectivity index (χ1v) is 6.41. The van der Waals surface area contributed by atoms with E-state index in [4.69, 9.17) is 12.2 Å². The lowest BCUT2D eigenvalue weighted by Crippen LogP contribution is -2.44. The van der Waals surface area contributed by atoms with Crippen LogP contribution in [0.3, 0.4) is 0 Å². The van der Waals surface area contributed by atoms with Crippen molar-refractivity contribution in [3.05, 3.63) is 30.1 Å². The molecule has 1 atom stereocenters. The highest BCUT2D eigenvalue weighted by Crippen LogP contribution is 2.19. The van der Waals surface area contributed by atoms with Gasteiger partial charge in [0.15, 0.2) is 5.11 Å². The molecule has 1 aliphatic heterocycles. The maximum Gasteiger partial charge on any atom is 0.173 e. The fraction of sp³-hybridized carbons (Fsp3) is 0.462. The minimum absolute atomic E-state index is 0.264. The molecule has 0 radical (unpaired) electrons. The molecule has 1 N–H and O–H groups in total. The lowest BCUT2D eigenvalue weighted by atomic mass is 10.0. The topological polar surface area (TPSA) is 15.3 Å². The lowest BCUT2D eigenvalue weighted by molar-refractivity contribution is 0.262. The number of hydrogen-bond acceptors (Lipinski definition) is 1. The number of para-hydroxylation sites is 1. The van der Waals surface area contributed by atoms with Crippen LogP contribution in [0.4, 0.5) is 10.1 Å². The number of thiocarbonyl (C=S) groups is 1. The van der Waals surface area contributed by atoms with Crippen LogP contribution in [0, 0.1) is 5.82 Å². The number of anilines is 1. The largest absolute Gasteiger partial charge is 0.346 e. The minimum Gasteiger partial charge on any atom is -0.346 e. The summed E-state index contributed by atoms with van der Waals surface area (Å²) in [5.74, 6) is -0.264. The molecule has 0 unspecified atom stereocenters. The number of benzene rings is 1. The average molecular weight is 252 g/mol. The van der Waals surface area contributed by atoms with Crippen molar-refractivity contribution in [2.75, 3.05) is 11.9 Å². The fourth-order valence-electron chi connectivity index (χ4n) is 2.15. The van der Waals surface area contributed by atoms with E-state index in [0.29, 0.717) is 16.8 Å². The minimum atomic E-state index is -0.264. The molecule has 2 nitrogen and oxygen atoms in total. The number of piperidine rings is 1. The first kappa shape index (κ1) is 12.3. The second-order valence-electron chi connectivity index (χ2n) is 4.45. The van der Waals surface area contributed by atoms with Crippen molar-refractivity contribution in [1.29, 1.82) is 0 Å². The third-order valence-electron chi connectivity index (χ3n) is 3.18. The Morgan fingerprint density at radius 1 is 1.41 bits per heavy atom. The van der Waals surface area contributed by atoms with Gasteiger partial charge in [0.25, 0.3) is 0 Å². The second kappa shape index (κ2) is 5.45. The van der Waals surface area contributed by atoms with E-state index in [0.717, 1.165) is 19.4 Å². The molecule has 1 aliphatic rings. The third kappa shape index (κ3) is 2.94. The number of halogens is 1. The van der Waals surface area contributed by atoms with E-state index in [-0.39, 0.29) is 5.82 Å². The second-order valence-corrected chi connectivity index (χ2v) is 4.83. The zero-order valence-electron chi connectivity index (χ0n) is 9.95. The number of likely N-dealkylation sites (tertiary alicyclic amines) is 1. The van der Waals surface area contributed by atoms with Crippen LogP contribution >= 0.6 is 12.2 Å². The van der Waals surface area contributed by atoms with E-state index in [1.807, 2.05) is 0 Å². The first-order valence-electron chi connectivity index (χ1n) is 6.00. The van der Waals surface area contributed by atoms with Gasteiger partial charge in [-0.15, -0.1) is 0 Å². The van der Waals surface area contributed by atoms with Crippen LogP contribution in [-0.2, 0) is 0 Å². The van der Waals surface area contributed by atoms with Gasteiger partial charge in [-0.05, 0) is 50.5 Å². The SMILES string of the molecule is C[C@H]1CCCCN1C(=S)Nc1ccccc1F. The molecule has 0 saturated carbocycles. The zero-order valence-corrected chi connectivity index (χ0v) is 10.8. The van der Waals surface area contributed by atoms with Crippen molar-refractivity contribution < 1.29 is 4.39 Å². The Bertz CT molecular complexity index is 408. The molecule has 0 bridgehead atoms. The summed E-state index contributed by atoms with van der Waals surface area (Å²) in [5, 5.41) is 3.62. The smallest absolute Gasteiger partial charge is 0.173 e. The van der Waals surface area contributed by atoms with Gasteiger partial charge in [0.2, 0.25) is 0 Å².